The molecule has 0 saturated carbocycles. The van der Waals surface area contributed by atoms with Crippen LogP contribution >= 0.6 is 23.1 Å². The van der Waals surface area contributed by atoms with Crippen molar-refractivity contribution in [2.24, 2.45) is 0 Å². The van der Waals surface area contributed by atoms with Gasteiger partial charge in [0.15, 0.2) is 0 Å². The number of carbonyl (C=O) groups is 1. The average Bonchev–Trinajstić information content (AvgIpc) is 3.12. The molecule has 0 atom stereocenters. The zero-order valence-electron chi connectivity index (χ0n) is 17.8. The first-order chi connectivity index (χ1) is 14.6. The van der Waals surface area contributed by atoms with Crippen molar-refractivity contribution in [3.8, 4) is 0 Å². The quantitative estimate of drug-likeness (QED) is 0.391. The summed E-state index contributed by atoms with van der Waals surface area (Å²) < 4.78 is 0. The zero-order chi connectivity index (χ0) is 21.1. The summed E-state index contributed by atoms with van der Waals surface area (Å²) in [5.41, 5.74) is 3.41. The second-order valence-corrected chi connectivity index (χ2v) is 9.57. The number of anilines is 2. The molecule has 1 aromatic carbocycles. The Hall–Kier alpha value is -2.12. The lowest BCUT2D eigenvalue weighted by atomic mass is 9.97. The molecule has 0 saturated heterocycles. The summed E-state index contributed by atoms with van der Waals surface area (Å²) in [5.74, 6) is 1.11. The van der Waals surface area contributed by atoms with Crippen LogP contribution in [-0.2, 0) is 17.6 Å². The highest BCUT2D eigenvalue weighted by molar-refractivity contribution is 8.00. The Kier molecular flexibility index (Phi) is 6.58. The van der Waals surface area contributed by atoms with E-state index >= 15 is 0 Å². The van der Waals surface area contributed by atoms with Crippen LogP contribution in [0.5, 0.6) is 0 Å². The van der Waals surface area contributed by atoms with E-state index in [2.05, 4.69) is 46.2 Å². The van der Waals surface area contributed by atoms with Crippen LogP contribution in [0, 0.1) is 6.92 Å². The number of rotatable bonds is 7. The third-order valence-corrected chi connectivity index (χ3v) is 7.67. The Balaban J connectivity index is 1.45. The fourth-order valence-electron chi connectivity index (χ4n) is 4.01. The molecule has 1 N–H and O–H groups in total. The first kappa shape index (κ1) is 21.1. The molecule has 3 aromatic rings. The van der Waals surface area contributed by atoms with Gasteiger partial charge in [0.25, 0.3) is 0 Å². The minimum absolute atomic E-state index is 0.0101. The van der Waals surface area contributed by atoms with E-state index in [4.69, 9.17) is 0 Å². The molecule has 1 aliphatic rings. The van der Waals surface area contributed by atoms with Crippen molar-refractivity contribution >= 4 is 50.6 Å². The Bertz CT molecular complexity index is 1040. The van der Waals surface area contributed by atoms with Crippen LogP contribution in [0.2, 0.25) is 0 Å². The van der Waals surface area contributed by atoms with Gasteiger partial charge in [0.2, 0.25) is 5.91 Å². The van der Waals surface area contributed by atoms with Gasteiger partial charge in [-0.05, 0) is 76.3 Å². The molecule has 0 bridgehead atoms. The number of carbonyl (C=O) groups excluding carboxylic acids is 1. The Morgan fingerprint density at radius 1 is 1.13 bits per heavy atom. The van der Waals surface area contributed by atoms with E-state index in [1.807, 2.05) is 19.1 Å². The van der Waals surface area contributed by atoms with Gasteiger partial charge in [-0.2, -0.15) is 0 Å². The van der Waals surface area contributed by atoms with E-state index in [1.165, 1.54) is 46.1 Å². The van der Waals surface area contributed by atoms with Crippen LogP contribution in [0.25, 0.3) is 10.2 Å². The molecule has 158 valence electrons. The molecular weight excluding hydrogens is 412 g/mol. The lowest BCUT2D eigenvalue weighted by Crippen LogP contribution is -2.21. The van der Waals surface area contributed by atoms with Gasteiger partial charge in [0, 0.05) is 34.7 Å². The summed E-state index contributed by atoms with van der Waals surface area (Å²) >= 11 is 3.32. The molecule has 1 amide bonds. The average molecular weight is 441 g/mol. The fourth-order valence-corrected chi connectivity index (χ4v) is 6.28. The summed E-state index contributed by atoms with van der Waals surface area (Å²) in [5, 5.41) is 5.14. The van der Waals surface area contributed by atoms with E-state index < -0.39 is 0 Å². The predicted octanol–water partition coefficient (Wildman–Crippen LogP) is 5.46. The lowest BCUT2D eigenvalue weighted by Gasteiger charge is -2.21. The Labute approximate surface area is 186 Å². The van der Waals surface area contributed by atoms with Gasteiger partial charge in [-0.3, -0.25) is 4.79 Å². The number of hydrogen-bond acceptors (Lipinski definition) is 6. The van der Waals surface area contributed by atoms with Gasteiger partial charge in [0.05, 0.1) is 5.75 Å². The van der Waals surface area contributed by atoms with E-state index in [0.29, 0.717) is 5.75 Å². The van der Waals surface area contributed by atoms with Gasteiger partial charge in [-0.1, -0.05) is 11.8 Å². The van der Waals surface area contributed by atoms with Crippen LogP contribution < -0.4 is 10.2 Å². The highest BCUT2D eigenvalue weighted by Gasteiger charge is 2.21. The lowest BCUT2D eigenvalue weighted by molar-refractivity contribution is -0.113. The molecule has 2 aromatic heterocycles. The van der Waals surface area contributed by atoms with Crippen molar-refractivity contribution in [2.45, 2.75) is 51.5 Å². The first-order valence-electron chi connectivity index (χ1n) is 10.7. The first-order valence-corrected chi connectivity index (χ1v) is 12.5. The second kappa shape index (κ2) is 9.35. The number of aromatic nitrogens is 2. The maximum absolute atomic E-state index is 12.6. The zero-order valence-corrected chi connectivity index (χ0v) is 19.5. The maximum Gasteiger partial charge on any atom is 0.234 e. The van der Waals surface area contributed by atoms with Crippen LogP contribution in [0.15, 0.2) is 29.3 Å². The molecule has 30 heavy (non-hydrogen) atoms. The minimum atomic E-state index is -0.0101. The van der Waals surface area contributed by atoms with Crippen molar-refractivity contribution in [2.75, 3.05) is 29.1 Å². The normalized spacial score (nSPS) is 13.3. The maximum atomic E-state index is 12.6. The number of hydrogen-bond donors (Lipinski definition) is 1. The standard InChI is InChI=1S/C23H28N4OS2/c1-4-27(5-2)17-12-10-16(11-13-17)26-20(28)14-29-22-21-18-8-6-7-9-19(18)30-23(21)25-15(3)24-22/h10-13H,4-9,14H2,1-3H3,(H,26,28). The highest BCUT2D eigenvalue weighted by atomic mass is 32.2. The highest BCUT2D eigenvalue weighted by Crippen LogP contribution is 2.39. The van der Waals surface area contributed by atoms with Gasteiger partial charge < -0.3 is 10.2 Å². The van der Waals surface area contributed by atoms with Crippen LogP contribution in [0.1, 0.15) is 43.0 Å². The number of benzene rings is 1. The number of amides is 1. The monoisotopic (exact) mass is 440 g/mol. The molecule has 2 heterocycles. The molecule has 5 nitrogen and oxygen atoms in total. The molecule has 0 spiro atoms. The van der Waals surface area contributed by atoms with E-state index in [9.17, 15) is 4.79 Å². The SMILES string of the molecule is CCN(CC)c1ccc(NC(=O)CSc2nc(C)nc3sc4c(c23)CCCC4)cc1. The summed E-state index contributed by atoms with van der Waals surface area (Å²) in [7, 11) is 0. The van der Waals surface area contributed by atoms with Crippen LogP contribution in [0.4, 0.5) is 11.4 Å². The number of nitrogens with one attached hydrogen (secondary N) is 1. The van der Waals surface area contributed by atoms with Gasteiger partial charge in [-0.15, -0.1) is 11.3 Å². The van der Waals surface area contributed by atoms with Crippen molar-refractivity contribution < 1.29 is 4.79 Å². The molecular formula is C23H28N4OS2. The van der Waals surface area contributed by atoms with E-state index in [-0.39, 0.29) is 5.91 Å². The fraction of sp³-hybridized carbons (Fsp3) is 0.435. The molecule has 0 radical (unpaired) electrons. The molecule has 7 heteroatoms. The number of thiophene rings is 1. The molecule has 4 rings (SSSR count). The molecule has 0 unspecified atom stereocenters. The van der Waals surface area contributed by atoms with Crippen molar-refractivity contribution in [3.05, 3.63) is 40.5 Å². The second-order valence-electron chi connectivity index (χ2n) is 7.52. The van der Waals surface area contributed by atoms with Crippen LogP contribution in [-0.4, -0.2) is 34.7 Å². The van der Waals surface area contributed by atoms with Crippen molar-refractivity contribution in [1.29, 1.82) is 0 Å². The van der Waals surface area contributed by atoms with Crippen molar-refractivity contribution in [1.82, 2.24) is 9.97 Å². The number of fused-ring (bicyclic) bond motifs is 3. The third-order valence-electron chi connectivity index (χ3n) is 5.51. The molecule has 0 aliphatic heterocycles. The predicted molar refractivity (Wildman–Crippen MR) is 128 cm³/mol. The van der Waals surface area contributed by atoms with Gasteiger partial charge in [0.1, 0.15) is 15.7 Å². The topological polar surface area (TPSA) is 58.1 Å². The van der Waals surface area contributed by atoms with Gasteiger partial charge >= 0.3 is 0 Å². The van der Waals surface area contributed by atoms with Crippen LogP contribution in [0.3, 0.4) is 0 Å². The summed E-state index contributed by atoms with van der Waals surface area (Å²) in [6.45, 7) is 8.16. The minimum Gasteiger partial charge on any atom is -0.372 e. The Morgan fingerprint density at radius 3 is 2.60 bits per heavy atom. The number of thioether (sulfide) groups is 1. The number of aryl methyl sites for hydroxylation is 3. The Morgan fingerprint density at radius 2 is 1.87 bits per heavy atom. The largest absolute Gasteiger partial charge is 0.372 e. The van der Waals surface area contributed by atoms with E-state index in [0.717, 1.165) is 47.3 Å². The summed E-state index contributed by atoms with van der Waals surface area (Å²) in [4.78, 5) is 26.7. The van der Waals surface area contributed by atoms with Gasteiger partial charge in [-0.25, -0.2) is 9.97 Å². The smallest absolute Gasteiger partial charge is 0.234 e. The van der Waals surface area contributed by atoms with Crippen molar-refractivity contribution in [3.63, 3.8) is 0 Å². The third kappa shape index (κ3) is 4.47. The summed E-state index contributed by atoms with van der Waals surface area (Å²) in [6, 6.07) is 8.06. The number of nitrogens with zero attached hydrogens (tertiary/aromatic N) is 3. The molecule has 1 aliphatic carbocycles. The molecule has 0 fully saturated rings. The van der Waals surface area contributed by atoms with E-state index in [1.54, 1.807) is 11.3 Å². The summed E-state index contributed by atoms with van der Waals surface area (Å²) in [6.07, 6.45) is 4.72.